The van der Waals surface area contributed by atoms with E-state index in [4.69, 9.17) is 5.11 Å². The molecule has 0 bridgehead atoms. The summed E-state index contributed by atoms with van der Waals surface area (Å²) in [4.78, 5) is 16.8. The number of nitrogens with zero attached hydrogens (tertiary/aromatic N) is 2. The van der Waals surface area contributed by atoms with E-state index in [1.165, 1.54) is 0 Å². The minimum Gasteiger partial charge on any atom is -0.480 e. The highest BCUT2D eigenvalue weighted by Crippen LogP contribution is 2.30. The molecule has 0 atom stereocenters. The Morgan fingerprint density at radius 1 is 1.60 bits per heavy atom. The number of carbonyl (C=O) groups is 1. The molecule has 1 heterocycles. The fraction of sp³-hybridized carbons (Fsp3) is 0.400. The van der Waals surface area contributed by atoms with Gasteiger partial charge in [0.2, 0.25) is 0 Å². The molecule has 0 aromatic carbocycles. The number of rotatable bonds is 4. The Balaban J connectivity index is 2.16. The van der Waals surface area contributed by atoms with Crippen molar-refractivity contribution in [2.75, 3.05) is 11.4 Å². The molecule has 1 aromatic heterocycles. The number of aromatic nitrogens is 1. The first-order chi connectivity index (χ1) is 7.16. The summed E-state index contributed by atoms with van der Waals surface area (Å²) in [5.74, 6) is -0.0743. The van der Waals surface area contributed by atoms with Crippen LogP contribution in [0, 0.1) is 0 Å². The van der Waals surface area contributed by atoms with Gasteiger partial charge in [0.15, 0.2) is 0 Å². The Bertz CT molecular complexity index is 362. The SMILES string of the molecule is O=C(O)CN(c1ccc(Br)cn1)C1CC1. The van der Waals surface area contributed by atoms with Crippen LogP contribution < -0.4 is 4.90 Å². The number of hydrogen-bond acceptors (Lipinski definition) is 3. The lowest BCUT2D eigenvalue weighted by molar-refractivity contribution is -0.135. The van der Waals surface area contributed by atoms with Gasteiger partial charge < -0.3 is 10.0 Å². The Kier molecular flexibility index (Phi) is 2.90. The largest absolute Gasteiger partial charge is 0.480 e. The van der Waals surface area contributed by atoms with Crippen molar-refractivity contribution in [1.82, 2.24) is 4.98 Å². The zero-order chi connectivity index (χ0) is 10.8. The van der Waals surface area contributed by atoms with Crippen LogP contribution in [0.1, 0.15) is 12.8 Å². The second kappa shape index (κ2) is 4.18. The standard InChI is InChI=1S/C10H11BrN2O2/c11-7-1-4-9(12-5-7)13(6-10(14)15)8-2-3-8/h1,4-5,8H,2-3,6H2,(H,14,15). The Morgan fingerprint density at radius 3 is 2.80 bits per heavy atom. The summed E-state index contributed by atoms with van der Waals surface area (Å²) in [6, 6.07) is 4.07. The summed E-state index contributed by atoms with van der Waals surface area (Å²) >= 11 is 3.30. The molecule has 0 spiro atoms. The van der Waals surface area contributed by atoms with Crippen molar-refractivity contribution in [2.24, 2.45) is 0 Å². The highest BCUT2D eigenvalue weighted by molar-refractivity contribution is 9.10. The molecule has 5 heteroatoms. The van der Waals surface area contributed by atoms with Crippen LogP contribution in [0.2, 0.25) is 0 Å². The summed E-state index contributed by atoms with van der Waals surface area (Å²) < 4.78 is 0.900. The molecule has 1 N–H and O–H groups in total. The van der Waals surface area contributed by atoms with Crippen LogP contribution in [-0.2, 0) is 4.79 Å². The number of anilines is 1. The molecule has 0 amide bonds. The van der Waals surface area contributed by atoms with Crippen molar-refractivity contribution in [3.63, 3.8) is 0 Å². The second-order valence-corrected chi connectivity index (χ2v) is 4.50. The monoisotopic (exact) mass is 270 g/mol. The third-order valence-corrected chi connectivity index (χ3v) is 2.77. The minimum atomic E-state index is -0.813. The van der Waals surface area contributed by atoms with Gasteiger partial charge in [0.25, 0.3) is 0 Å². The molecule has 1 aromatic rings. The van der Waals surface area contributed by atoms with E-state index in [9.17, 15) is 4.79 Å². The highest BCUT2D eigenvalue weighted by Gasteiger charge is 2.31. The van der Waals surface area contributed by atoms with Crippen LogP contribution in [0.5, 0.6) is 0 Å². The Hall–Kier alpha value is -1.10. The lowest BCUT2D eigenvalue weighted by Crippen LogP contribution is -2.32. The number of hydrogen-bond donors (Lipinski definition) is 1. The average molecular weight is 271 g/mol. The van der Waals surface area contributed by atoms with Crippen molar-refractivity contribution < 1.29 is 9.90 Å². The van der Waals surface area contributed by atoms with Gasteiger partial charge in [-0.1, -0.05) is 0 Å². The fourth-order valence-corrected chi connectivity index (χ4v) is 1.70. The molecule has 1 fully saturated rings. The van der Waals surface area contributed by atoms with E-state index in [0.717, 1.165) is 23.1 Å². The van der Waals surface area contributed by atoms with Gasteiger partial charge in [-0.15, -0.1) is 0 Å². The lowest BCUT2D eigenvalue weighted by atomic mass is 10.4. The summed E-state index contributed by atoms with van der Waals surface area (Å²) in [7, 11) is 0. The summed E-state index contributed by atoms with van der Waals surface area (Å²) in [6.45, 7) is 0.0271. The third-order valence-electron chi connectivity index (χ3n) is 2.30. The lowest BCUT2D eigenvalue weighted by Gasteiger charge is -2.20. The molecule has 2 rings (SSSR count). The number of carboxylic acids is 1. The normalized spacial score (nSPS) is 15.0. The first-order valence-corrected chi connectivity index (χ1v) is 5.56. The fourth-order valence-electron chi connectivity index (χ4n) is 1.47. The van der Waals surface area contributed by atoms with Crippen LogP contribution in [0.15, 0.2) is 22.8 Å². The topological polar surface area (TPSA) is 53.4 Å². The molecule has 0 radical (unpaired) electrons. The number of pyridine rings is 1. The van der Waals surface area contributed by atoms with Gasteiger partial charge in [-0.2, -0.15) is 0 Å². The van der Waals surface area contributed by atoms with Crippen molar-refractivity contribution in [3.05, 3.63) is 22.8 Å². The molecule has 15 heavy (non-hydrogen) atoms. The van der Waals surface area contributed by atoms with Crippen molar-refractivity contribution in [3.8, 4) is 0 Å². The zero-order valence-corrected chi connectivity index (χ0v) is 9.64. The summed E-state index contributed by atoms with van der Waals surface area (Å²) in [5, 5.41) is 8.80. The maximum absolute atomic E-state index is 10.7. The summed E-state index contributed by atoms with van der Waals surface area (Å²) in [5.41, 5.74) is 0. The second-order valence-electron chi connectivity index (χ2n) is 3.59. The van der Waals surface area contributed by atoms with Crippen LogP contribution in [0.25, 0.3) is 0 Å². The van der Waals surface area contributed by atoms with Gasteiger partial charge in [0, 0.05) is 16.7 Å². The Labute approximate surface area is 96.1 Å². The number of aliphatic carboxylic acids is 1. The molecular formula is C10H11BrN2O2. The zero-order valence-electron chi connectivity index (χ0n) is 8.06. The van der Waals surface area contributed by atoms with Gasteiger partial charge in [-0.25, -0.2) is 4.98 Å². The van der Waals surface area contributed by atoms with E-state index in [-0.39, 0.29) is 6.54 Å². The van der Waals surface area contributed by atoms with E-state index in [1.807, 2.05) is 17.0 Å². The van der Waals surface area contributed by atoms with Gasteiger partial charge in [-0.05, 0) is 40.9 Å². The molecule has 1 aliphatic carbocycles. The number of halogens is 1. The molecule has 1 saturated carbocycles. The first kappa shape index (κ1) is 10.4. The van der Waals surface area contributed by atoms with E-state index < -0.39 is 5.97 Å². The van der Waals surface area contributed by atoms with E-state index in [0.29, 0.717) is 6.04 Å². The molecular weight excluding hydrogens is 260 g/mol. The quantitative estimate of drug-likeness (QED) is 0.908. The molecule has 0 aliphatic heterocycles. The molecule has 0 saturated heterocycles. The number of carboxylic acid groups (broad SMARTS) is 1. The van der Waals surface area contributed by atoms with E-state index >= 15 is 0 Å². The van der Waals surface area contributed by atoms with Crippen molar-refractivity contribution in [1.29, 1.82) is 0 Å². The molecule has 1 aliphatic rings. The third kappa shape index (κ3) is 2.68. The predicted molar refractivity (Wildman–Crippen MR) is 59.9 cm³/mol. The first-order valence-electron chi connectivity index (χ1n) is 4.77. The van der Waals surface area contributed by atoms with E-state index in [2.05, 4.69) is 20.9 Å². The molecule has 80 valence electrons. The Morgan fingerprint density at radius 2 is 2.33 bits per heavy atom. The molecule has 4 nitrogen and oxygen atoms in total. The van der Waals surface area contributed by atoms with Crippen molar-refractivity contribution in [2.45, 2.75) is 18.9 Å². The van der Waals surface area contributed by atoms with Gasteiger partial charge in [-0.3, -0.25) is 4.79 Å². The smallest absolute Gasteiger partial charge is 0.323 e. The summed E-state index contributed by atoms with van der Waals surface area (Å²) in [6.07, 6.45) is 3.81. The van der Waals surface area contributed by atoms with Crippen LogP contribution in [-0.4, -0.2) is 28.6 Å². The van der Waals surface area contributed by atoms with Crippen LogP contribution in [0.3, 0.4) is 0 Å². The van der Waals surface area contributed by atoms with Gasteiger partial charge >= 0.3 is 5.97 Å². The van der Waals surface area contributed by atoms with Crippen molar-refractivity contribution >= 4 is 27.7 Å². The highest BCUT2D eigenvalue weighted by atomic mass is 79.9. The average Bonchev–Trinajstić information content (AvgIpc) is 2.99. The predicted octanol–water partition coefficient (Wildman–Crippen LogP) is 1.90. The maximum Gasteiger partial charge on any atom is 0.323 e. The minimum absolute atomic E-state index is 0.0271. The van der Waals surface area contributed by atoms with Gasteiger partial charge in [0.1, 0.15) is 12.4 Å². The van der Waals surface area contributed by atoms with Gasteiger partial charge in [0.05, 0.1) is 0 Å². The molecule has 0 unspecified atom stereocenters. The van der Waals surface area contributed by atoms with Crippen LogP contribution >= 0.6 is 15.9 Å². The maximum atomic E-state index is 10.7. The van der Waals surface area contributed by atoms with Crippen LogP contribution in [0.4, 0.5) is 5.82 Å². The van der Waals surface area contributed by atoms with E-state index in [1.54, 1.807) is 6.20 Å².